The molecule has 1 aromatic rings. The summed E-state index contributed by atoms with van der Waals surface area (Å²) in [6.07, 6.45) is -8.29. The molecule has 0 atom stereocenters. The minimum absolute atomic E-state index is 0.0969. The van der Waals surface area contributed by atoms with E-state index in [1.165, 1.54) is 0 Å². The summed E-state index contributed by atoms with van der Waals surface area (Å²) >= 11 is 0. The summed E-state index contributed by atoms with van der Waals surface area (Å²) in [6.45, 7) is -0.397. The van der Waals surface area contributed by atoms with Crippen LogP contribution in [0.2, 0.25) is 0 Å². The fraction of sp³-hybridized carbons (Fsp3) is 0.333. The molecule has 17 heavy (non-hydrogen) atoms. The van der Waals surface area contributed by atoms with Gasteiger partial charge in [0.2, 0.25) is 0 Å². The lowest BCUT2D eigenvalue weighted by Crippen LogP contribution is -2.16. The molecule has 0 fully saturated rings. The van der Waals surface area contributed by atoms with E-state index >= 15 is 0 Å². The van der Waals surface area contributed by atoms with Crippen molar-refractivity contribution in [3.8, 4) is 0 Å². The molecule has 0 aliphatic heterocycles. The molecular weight excluding hydrogens is 247 g/mol. The lowest BCUT2D eigenvalue weighted by atomic mass is 10.1. The van der Waals surface area contributed by atoms with Crippen molar-refractivity contribution in [3.05, 3.63) is 28.6 Å². The van der Waals surface area contributed by atoms with E-state index in [-0.39, 0.29) is 12.0 Å². The summed E-state index contributed by atoms with van der Waals surface area (Å²) in [5.74, 6) is 0. The van der Waals surface area contributed by atoms with Crippen LogP contribution in [0, 0.1) is 0 Å². The number of halogens is 5. The number of carbonyl (C=O) groups excluding carboxylic acids is 1. The maximum atomic E-state index is 12.4. The first kappa shape index (κ1) is 13.5. The van der Waals surface area contributed by atoms with Gasteiger partial charge in [0.05, 0.1) is 11.3 Å². The number of nitrogens with two attached hydrogens (primary N) is 1. The predicted octanol–water partition coefficient (Wildman–Crippen LogP) is 2.31. The molecule has 3 nitrogen and oxygen atoms in total. The first-order chi connectivity index (χ1) is 7.81. The molecule has 1 heterocycles. The third-order valence-electron chi connectivity index (χ3n) is 2.00. The molecule has 0 unspecified atom stereocenters. The maximum Gasteiger partial charge on any atom is 0.418 e. The quantitative estimate of drug-likeness (QED) is 0.665. The van der Waals surface area contributed by atoms with Gasteiger partial charge >= 0.3 is 6.18 Å². The second-order valence-corrected chi connectivity index (χ2v) is 3.08. The Labute approximate surface area is 92.4 Å². The van der Waals surface area contributed by atoms with Crippen LogP contribution < -0.4 is 5.73 Å². The van der Waals surface area contributed by atoms with Crippen LogP contribution in [0.5, 0.6) is 0 Å². The number of hydrogen-bond donors (Lipinski definition) is 1. The fourth-order valence-electron chi connectivity index (χ4n) is 1.24. The van der Waals surface area contributed by atoms with Gasteiger partial charge in [0.25, 0.3) is 6.43 Å². The zero-order chi connectivity index (χ0) is 13.2. The Morgan fingerprint density at radius 3 is 2.35 bits per heavy atom. The van der Waals surface area contributed by atoms with Crippen molar-refractivity contribution in [3.63, 3.8) is 0 Å². The molecule has 1 rings (SSSR count). The van der Waals surface area contributed by atoms with E-state index in [4.69, 9.17) is 5.73 Å². The molecule has 2 N–H and O–H groups in total. The van der Waals surface area contributed by atoms with Gasteiger partial charge in [-0.1, -0.05) is 0 Å². The highest BCUT2D eigenvalue weighted by atomic mass is 19.4. The molecule has 0 aliphatic rings. The van der Waals surface area contributed by atoms with Crippen LogP contribution >= 0.6 is 0 Å². The second-order valence-electron chi connectivity index (χ2n) is 3.08. The van der Waals surface area contributed by atoms with Crippen LogP contribution in [-0.4, -0.2) is 11.3 Å². The molecule has 0 bridgehead atoms. The Morgan fingerprint density at radius 1 is 1.41 bits per heavy atom. The van der Waals surface area contributed by atoms with Crippen LogP contribution in [0.25, 0.3) is 0 Å². The van der Waals surface area contributed by atoms with Gasteiger partial charge < -0.3 is 5.73 Å². The van der Waals surface area contributed by atoms with Crippen molar-refractivity contribution in [1.29, 1.82) is 0 Å². The molecule has 0 aromatic carbocycles. The summed E-state index contributed by atoms with van der Waals surface area (Å²) in [4.78, 5) is 13.6. The van der Waals surface area contributed by atoms with Gasteiger partial charge in [0, 0.05) is 12.1 Å². The van der Waals surface area contributed by atoms with E-state index in [1.807, 2.05) is 0 Å². The predicted molar refractivity (Wildman–Crippen MR) is 47.5 cm³/mol. The van der Waals surface area contributed by atoms with Crippen LogP contribution in [0.4, 0.5) is 22.0 Å². The van der Waals surface area contributed by atoms with Crippen LogP contribution in [0.1, 0.15) is 33.7 Å². The normalized spacial score (nSPS) is 11.9. The molecule has 0 radical (unpaired) electrons. The van der Waals surface area contributed by atoms with Crippen molar-refractivity contribution in [1.82, 2.24) is 4.98 Å². The monoisotopic (exact) mass is 254 g/mol. The van der Waals surface area contributed by atoms with Gasteiger partial charge in [-0.05, 0) is 6.07 Å². The van der Waals surface area contributed by atoms with E-state index in [0.717, 1.165) is 0 Å². The molecular formula is C9H7F5N2O. The number of pyridine rings is 1. The minimum Gasteiger partial charge on any atom is -0.325 e. The SMILES string of the molecule is NCc1nc(C(F)F)c(C(F)(F)F)cc1C=O. The molecule has 8 heteroatoms. The van der Waals surface area contributed by atoms with E-state index in [0.29, 0.717) is 6.07 Å². The highest BCUT2D eigenvalue weighted by Gasteiger charge is 2.37. The van der Waals surface area contributed by atoms with E-state index in [9.17, 15) is 26.7 Å². The van der Waals surface area contributed by atoms with Crippen molar-refractivity contribution in [2.45, 2.75) is 19.1 Å². The Bertz CT molecular complexity index is 430. The second kappa shape index (κ2) is 4.74. The Balaban J connectivity index is 3.51. The zero-order valence-corrected chi connectivity index (χ0v) is 8.26. The molecule has 0 spiro atoms. The summed E-state index contributed by atoms with van der Waals surface area (Å²) in [7, 11) is 0. The lowest BCUT2D eigenvalue weighted by Gasteiger charge is -2.14. The molecule has 1 aromatic heterocycles. The van der Waals surface area contributed by atoms with E-state index in [2.05, 4.69) is 4.98 Å². The highest BCUT2D eigenvalue weighted by Crippen LogP contribution is 2.36. The summed E-state index contributed by atoms with van der Waals surface area (Å²) < 4.78 is 62.2. The number of aldehydes is 1. The Morgan fingerprint density at radius 2 is 2.00 bits per heavy atom. The van der Waals surface area contributed by atoms with Crippen LogP contribution in [0.15, 0.2) is 6.07 Å². The summed E-state index contributed by atoms with van der Waals surface area (Å²) in [5, 5.41) is 0. The number of alkyl halides is 5. The molecule has 0 saturated heterocycles. The first-order valence-electron chi connectivity index (χ1n) is 4.35. The van der Waals surface area contributed by atoms with Crippen molar-refractivity contribution >= 4 is 6.29 Å². The van der Waals surface area contributed by atoms with Gasteiger partial charge in [-0.2, -0.15) is 13.2 Å². The minimum atomic E-state index is -5.00. The smallest absolute Gasteiger partial charge is 0.325 e. The fourth-order valence-corrected chi connectivity index (χ4v) is 1.24. The zero-order valence-electron chi connectivity index (χ0n) is 8.26. The van der Waals surface area contributed by atoms with Crippen LogP contribution in [0.3, 0.4) is 0 Å². The highest BCUT2D eigenvalue weighted by molar-refractivity contribution is 5.77. The number of aromatic nitrogens is 1. The third-order valence-corrected chi connectivity index (χ3v) is 2.00. The first-order valence-corrected chi connectivity index (χ1v) is 4.35. The standard InChI is InChI=1S/C9H7F5N2O/c10-8(11)7-5(9(12,13)14)1-4(3-17)6(2-15)16-7/h1,3,8H,2,15H2. The summed E-state index contributed by atoms with van der Waals surface area (Å²) in [6, 6.07) is 0.337. The average Bonchev–Trinajstić information content (AvgIpc) is 2.25. The van der Waals surface area contributed by atoms with Crippen molar-refractivity contribution in [2.24, 2.45) is 5.73 Å². The van der Waals surface area contributed by atoms with E-state index < -0.39 is 36.0 Å². The number of hydrogen-bond acceptors (Lipinski definition) is 3. The number of carbonyl (C=O) groups is 1. The van der Waals surface area contributed by atoms with Gasteiger partial charge in [0.15, 0.2) is 6.29 Å². The van der Waals surface area contributed by atoms with Crippen molar-refractivity contribution < 1.29 is 26.7 Å². The Hall–Kier alpha value is -1.57. The van der Waals surface area contributed by atoms with Gasteiger partial charge in [-0.3, -0.25) is 4.79 Å². The molecule has 0 aliphatic carbocycles. The van der Waals surface area contributed by atoms with Gasteiger partial charge in [-0.25, -0.2) is 13.8 Å². The van der Waals surface area contributed by atoms with Gasteiger partial charge in [-0.15, -0.1) is 0 Å². The van der Waals surface area contributed by atoms with Gasteiger partial charge in [0.1, 0.15) is 5.69 Å². The summed E-state index contributed by atoms with van der Waals surface area (Å²) in [5.41, 5.74) is 1.35. The molecule has 94 valence electrons. The number of nitrogens with zero attached hydrogens (tertiary/aromatic N) is 1. The average molecular weight is 254 g/mol. The largest absolute Gasteiger partial charge is 0.418 e. The number of rotatable bonds is 3. The molecule has 0 saturated carbocycles. The van der Waals surface area contributed by atoms with Crippen molar-refractivity contribution in [2.75, 3.05) is 0 Å². The maximum absolute atomic E-state index is 12.4. The topological polar surface area (TPSA) is 56.0 Å². The Kier molecular flexibility index (Phi) is 3.76. The third kappa shape index (κ3) is 2.76. The molecule has 0 amide bonds. The van der Waals surface area contributed by atoms with Crippen LogP contribution in [-0.2, 0) is 12.7 Å². The lowest BCUT2D eigenvalue weighted by molar-refractivity contribution is -0.140. The van der Waals surface area contributed by atoms with E-state index in [1.54, 1.807) is 0 Å².